The number of carbonyl (C=O) groups is 1. The molecule has 0 bridgehead atoms. The fourth-order valence-corrected chi connectivity index (χ4v) is 2.76. The Kier molecular flexibility index (Phi) is 4.61. The summed E-state index contributed by atoms with van der Waals surface area (Å²) in [7, 11) is 1.69. The van der Waals surface area contributed by atoms with Gasteiger partial charge in [0, 0.05) is 7.05 Å². The predicted octanol–water partition coefficient (Wildman–Crippen LogP) is 3.31. The van der Waals surface area contributed by atoms with Crippen molar-refractivity contribution in [3.63, 3.8) is 0 Å². The Labute approximate surface area is 122 Å². The summed E-state index contributed by atoms with van der Waals surface area (Å²) in [5.41, 5.74) is 0.970. The molecular weight excluding hydrogens is 278 g/mol. The van der Waals surface area contributed by atoms with Gasteiger partial charge < -0.3 is 4.74 Å². The minimum atomic E-state index is -0.0405. The third-order valence-electron chi connectivity index (χ3n) is 2.64. The molecule has 1 saturated heterocycles. The van der Waals surface area contributed by atoms with E-state index < -0.39 is 0 Å². The van der Waals surface area contributed by atoms with Crippen LogP contribution in [0, 0.1) is 0 Å². The molecule has 0 unspecified atom stereocenters. The second-order valence-electron chi connectivity index (χ2n) is 4.16. The van der Waals surface area contributed by atoms with Crippen LogP contribution in [0.3, 0.4) is 0 Å². The van der Waals surface area contributed by atoms with Crippen molar-refractivity contribution in [3.05, 3.63) is 34.7 Å². The van der Waals surface area contributed by atoms with Crippen molar-refractivity contribution in [1.82, 2.24) is 4.90 Å². The van der Waals surface area contributed by atoms with Gasteiger partial charge in [0.2, 0.25) is 0 Å². The van der Waals surface area contributed by atoms with Crippen molar-refractivity contribution < 1.29 is 9.53 Å². The Morgan fingerprint density at radius 1 is 1.37 bits per heavy atom. The molecule has 0 aromatic heterocycles. The maximum Gasteiger partial charge on any atom is 0.265 e. The fourth-order valence-electron chi connectivity index (χ4n) is 1.58. The van der Waals surface area contributed by atoms with Crippen molar-refractivity contribution >= 4 is 40.3 Å². The first-order valence-electron chi connectivity index (χ1n) is 6.06. The van der Waals surface area contributed by atoms with Crippen LogP contribution in [0.4, 0.5) is 0 Å². The first kappa shape index (κ1) is 14.1. The molecule has 2 rings (SSSR count). The summed E-state index contributed by atoms with van der Waals surface area (Å²) in [4.78, 5) is 14.0. The summed E-state index contributed by atoms with van der Waals surface area (Å²) < 4.78 is 6.11. The summed E-state index contributed by atoms with van der Waals surface area (Å²) in [6, 6.07) is 7.70. The summed E-state index contributed by atoms with van der Waals surface area (Å²) in [6.07, 6.45) is 2.84. The van der Waals surface area contributed by atoms with Crippen LogP contribution in [0.25, 0.3) is 6.08 Å². The van der Waals surface area contributed by atoms with E-state index in [4.69, 9.17) is 17.0 Å². The molecule has 0 spiro atoms. The molecule has 0 aliphatic carbocycles. The van der Waals surface area contributed by atoms with Crippen molar-refractivity contribution in [3.8, 4) is 5.75 Å². The highest BCUT2D eigenvalue weighted by atomic mass is 32.2. The Morgan fingerprint density at radius 2 is 2.05 bits per heavy atom. The molecule has 0 saturated carbocycles. The molecule has 0 N–H and O–H groups in total. The van der Waals surface area contributed by atoms with E-state index >= 15 is 0 Å². The largest absolute Gasteiger partial charge is 0.494 e. The van der Waals surface area contributed by atoms with Crippen LogP contribution in [0.2, 0.25) is 0 Å². The van der Waals surface area contributed by atoms with E-state index in [1.807, 2.05) is 30.3 Å². The van der Waals surface area contributed by atoms with E-state index in [1.165, 1.54) is 16.7 Å². The second kappa shape index (κ2) is 6.21. The Balaban J connectivity index is 2.11. The molecule has 100 valence electrons. The van der Waals surface area contributed by atoms with Crippen molar-refractivity contribution in [2.45, 2.75) is 13.3 Å². The monoisotopic (exact) mass is 293 g/mol. The molecule has 5 heteroatoms. The highest BCUT2D eigenvalue weighted by molar-refractivity contribution is 8.26. The van der Waals surface area contributed by atoms with Crippen molar-refractivity contribution in [2.24, 2.45) is 0 Å². The smallest absolute Gasteiger partial charge is 0.265 e. The topological polar surface area (TPSA) is 29.5 Å². The zero-order valence-corrected chi connectivity index (χ0v) is 12.5. The van der Waals surface area contributed by atoms with Gasteiger partial charge in [-0.1, -0.05) is 43.0 Å². The number of benzene rings is 1. The summed E-state index contributed by atoms with van der Waals surface area (Å²) in [6.45, 7) is 2.79. The lowest BCUT2D eigenvalue weighted by molar-refractivity contribution is -0.121. The van der Waals surface area contributed by atoms with Gasteiger partial charge in [-0.25, -0.2) is 0 Å². The molecule has 3 nitrogen and oxygen atoms in total. The normalized spacial score (nSPS) is 17.4. The van der Waals surface area contributed by atoms with Crippen molar-refractivity contribution in [1.29, 1.82) is 0 Å². The summed E-state index contributed by atoms with van der Waals surface area (Å²) in [5.74, 6) is 0.809. The van der Waals surface area contributed by atoms with Gasteiger partial charge in [0.15, 0.2) is 0 Å². The highest BCUT2D eigenvalue weighted by Crippen LogP contribution is 2.31. The predicted molar refractivity (Wildman–Crippen MR) is 83.2 cm³/mol. The number of nitrogens with zero attached hydrogens (tertiary/aromatic N) is 1. The lowest BCUT2D eigenvalue weighted by Gasteiger charge is -2.04. The SMILES string of the molecule is CCCOc1ccc(/C=C2\SC(=S)N(C)C2=O)cc1. The molecular formula is C14H15NO2S2. The van der Waals surface area contributed by atoms with E-state index in [0.717, 1.165) is 17.7 Å². The lowest BCUT2D eigenvalue weighted by Crippen LogP contribution is -2.22. The lowest BCUT2D eigenvalue weighted by atomic mass is 10.2. The molecule has 1 aliphatic heterocycles. The third kappa shape index (κ3) is 3.36. The Hall–Kier alpha value is -1.33. The van der Waals surface area contributed by atoms with Crippen LogP contribution in [-0.2, 0) is 4.79 Å². The number of rotatable bonds is 4. The number of thioether (sulfide) groups is 1. The van der Waals surface area contributed by atoms with Gasteiger partial charge in [-0.15, -0.1) is 0 Å². The fraction of sp³-hybridized carbons (Fsp3) is 0.286. The number of hydrogen-bond donors (Lipinski definition) is 0. The molecule has 1 amide bonds. The minimum absolute atomic E-state index is 0.0405. The Bertz CT molecular complexity index is 523. The average molecular weight is 293 g/mol. The molecule has 19 heavy (non-hydrogen) atoms. The van der Waals surface area contributed by atoms with Gasteiger partial charge in [0.05, 0.1) is 11.5 Å². The van der Waals surface area contributed by atoms with Crippen LogP contribution >= 0.6 is 24.0 Å². The zero-order chi connectivity index (χ0) is 13.8. The standard InChI is InChI=1S/C14H15NO2S2/c1-3-8-17-11-6-4-10(5-7-11)9-12-13(16)15(2)14(18)19-12/h4-7,9H,3,8H2,1-2H3/b12-9-. The molecule has 1 heterocycles. The summed E-state index contributed by atoms with van der Waals surface area (Å²) in [5, 5.41) is 0. The highest BCUT2D eigenvalue weighted by Gasteiger charge is 2.28. The van der Waals surface area contributed by atoms with Gasteiger partial charge in [-0.2, -0.15) is 0 Å². The van der Waals surface area contributed by atoms with Crippen LogP contribution in [-0.4, -0.2) is 28.8 Å². The van der Waals surface area contributed by atoms with Crippen LogP contribution in [0.15, 0.2) is 29.2 Å². The average Bonchev–Trinajstić information content (AvgIpc) is 2.66. The molecule has 0 atom stereocenters. The number of ether oxygens (including phenoxy) is 1. The molecule has 1 fully saturated rings. The molecule has 1 aromatic rings. The van der Waals surface area contributed by atoms with E-state index in [1.54, 1.807) is 7.05 Å². The maximum absolute atomic E-state index is 11.9. The molecule has 1 aromatic carbocycles. The summed E-state index contributed by atoms with van der Waals surface area (Å²) >= 11 is 6.42. The van der Waals surface area contributed by atoms with Gasteiger partial charge in [-0.05, 0) is 30.2 Å². The second-order valence-corrected chi connectivity index (χ2v) is 5.83. The first-order valence-corrected chi connectivity index (χ1v) is 7.28. The van der Waals surface area contributed by atoms with Gasteiger partial charge in [0.25, 0.3) is 5.91 Å². The van der Waals surface area contributed by atoms with E-state index in [0.29, 0.717) is 15.8 Å². The maximum atomic E-state index is 11.9. The van der Waals surface area contributed by atoms with Gasteiger partial charge in [-0.3, -0.25) is 9.69 Å². The number of hydrogen-bond acceptors (Lipinski definition) is 4. The van der Waals surface area contributed by atoms with E-state index in [9.17, 15) is 4.79 Å². The van der Waals surface area contributed by atoms with Crippen LogP contribution in [0.1, 0.15) is 18.9 Å². The van der Waals surface area contributed by atoms with Crippen LogP contribution in [0.5, 0.6) is 5.75 Å². The van der Waals surface area contributed by atoms with Crippen molar-refractivity contribution in [2.75, 3.05) is 13.7 Å². The number of likely N-dealkylation sites (N-methyl/N-ethyl adjacent to an activating group) is 1. The quantitative estimate of drug-likeness (QED) is 0.629. The minimum Gasteiger partial charge on any atom is -0.494 e. The number of carbonyl (C=O) groups excluding carboxylic acids is 1. The number of amides is 1. The first-order chi connectivity index (χ1) is 9.11. The third-order valence-corrected chi connectivity index (χ3v) is 4.12. The number of thiocarbonyl (C=S) groups is 1. The zero-order valence-electron chi connectivity index (χ0n) is 10.9. The van der Waals surface area contributed by atoms with Gasteiger partial charge >= 0.3 is 0 Å². The van der Waals surface area contributed by atoms with E-state index in [-0.39, 0.29) is 5.91 Å². The van der Waals surface area contributed by atoms with Crippen LogP contribution < -0.4 is 4.74 Å². The Morgan fingerprint density at radius 3 is 2.58 bits per heavy atom. The van der Waals surface area contributed by atoms with Gasteiger partial charge in [0.1, 0.15) is 10.1 Å². The molecule has 1 aliphatic rings. The molecule has 0 radical (unpaired) electrons. The van der Waals surface area contributed by atoms with E-state index in [2.05, 4.69) is 6.92 Å².